The van der Waals surface area contributed by atoms with Crippen molar-refractivity contribution in [2.45, 2.75) is 13.3 Å². The molecule has 1 heterocycles. The SMILES string of the molecule is CCc1ccc(C(=O)Nc2cccc(C(=O)O)c2)o1. The zero-order valence-electron chi connectivity index (χ0n) is 10.3. The van der Waals surface area contributed by atoms with E-state index in [2.05, 4.69) is 5.32 Å². The van der Waals surface area contributed by atoms with Crippen molar-refractivity contribution in [1.82, 2.24) is 0 Å². The van der Waals surface area contributed by atoms with Gasteiger partial charge in [-0.05, 0) is 30.3 Å². The Morgan fingerprint density at radius 2 is 2.05 bits per heavy atom. The summed E-state index contributed by atoms with van der Waals surface area (Å²) in [7, 11) is 0. The van der Waals surface area contributed by atoms with Crippen LogP contribution in [0, 0.1) is 0 Å². The third-order valence-corrected chi connectivity index (χ3v) is 2.60. The lowest BCUT2D eigenvalue weighted by Crippen LogP contribution is -2.11. The van der Waals surface area contributed by atoms with Gasteiger partial charge in [0, 0.05) is 12.1 Å². The summed E-state index contributed by atoms with van der Waals surface area (Å²) in [5, 5.41) is 11.5. The van der Waals surface area contributed by atoms with Crippen LogP contribution in [0.3, 0.4) is 0 Å². The van der Waals surface area contributed by atoms with E-state index < -0.39 is 11.9 Å². The number of amides is 1. The normalized spacial score (nSPS) is 10.2. The summed E-state index contributed by atoms with van der Waals surface area (Å²) >= 11 is 0. The molecule has 2 rings (SSSR count). The molecule has 0 bridgehead atoms. The van der Waals surface area contributed by atoms with Gasteiger partial charge in [-0.2, -0.15) is 0 Å². The number of aromatic carboxylic acids is 1. The van der Waals surface area contributed by atoms with Crippen molar-refractivity contribution in [2.24, 2.45) is 0 Å². The van der Waals surface area contributed by atoms with Gasteiger partial charge in [0.1, 0.15) is 5.76 Å². The average molecular weight is 259 g/mol. The van der Waals surface area contributed by atoms with Crippen LogP contribution in [0.5, 0.6) is 0 Å². The zero-order chi connectivity index (χ0) is 13.8. The summed E-state index contributed by atoms with van der Waals surface area (Å²) in [6.07, 6.45) is 0.710. The smallest absolute Gasteiger partial charge is 0.335 e. The molecule has 0 fully saturated rings. The molecule has 5 nitrogen and oxygen atoms in total. The van der Waals surface area contributed by atoms with Gasteiger partial charge in [-0.1, -0.05) is 13.0 Å². The molecule has 0 saturated heterocycles. The van der Waals surface area contributed by atoms with E-state index in [-0.39, 0.29) is 11.3 Å². The Bertz CT molecular complexity index is 615. The Hall–Kier alpha value is -2.56. The van der Waals surface area contributed by atoms with Crippen LogP contribution in [0.1, 0.15) is 33.6 Å². The fourth-order valence-electron chi connectivity index (χ4n) is 1.61. The Balaban J connectivity index is 2.14. The molecule has 0 saturated carbocycles. The number of carbonyl (C=O) groups excluding carboxylic acids is 1. The maximum absolute atomic E-state index is 11.9. The minimum absolute atomic E-state index is 0.117. The Morgan fingerprint density at radius 1 is 1.26 bits per heavy atom. The van der Waals surface area contributed by atoms with Crippen molar-refractivity contribution in [3.05, 3.63) is 53.5 Å². The molecule has 0 atom stereocenters. The quantitative estimate of drug-likeness (QED) is 0.884. The van der Waals surface area contributed by atoms with Crippen LogP contribution in [-0.4, -0.2) is 17.0 Å². The summed E-state index contributed by atoms with van der Waals surface area (Å²) in [5.41, 5.74) is 0.533. The van der Waals surface area contributed by atoms with Crippen molar-refractivity contribution in [3.63, 3.8) is 0 Å². The van der Waals surface area contributed by atoms with E-state index in [4.69, 9.17) is 9.52 Å². The number of hydrogen-bond acceptors (Lipinski definition) is 3. The van der Waals surface area contributed by atoms with Crippen LogP contribution >= 0.6 is 0 Å². The summed E-state index contributed by atoms with van der Waals surface area (Å²) in [6, 6.07) is 9.37. The van der Waals surface area contributed by atoms with Crippen LogP contribution in [0.15, 0.2) is 40.8 Å². The molecule has 2 aromatic rings. The van der Waals surface area contributed by atoms with Gasteiger partial charge in [0.2, 0.25) is 0 Å². The van der Waals surface area contributed by atoms with Gasteiger partial charge in [-0.3, -0.25) is 4.79 Å². The molecule has 2 N–H and O–H groups in total. The van der Waals surface area contributed by atoms with E-state index in [0.717, 1.165) is 5.76 Å². The molecule has 1 amide bonds. The molecule has 1 aromatic carbocycles. The van der Waals surface area contributed by atoms with Crippen LogP contribution in [-0.2, 0) is 6.42 Å². The Morgan fingerprint density at radius 3 is 2.68 bits per heavy atom. The number of rotatable bonds is 4. The largest absolute Gasteiger partial charge is 0.478 e. The first-order valence-electron chi connectivity index (χ1n) is 5.83. The zero-order valence-corrected chi connectivity index (χ0v) is 10.3. The second-order valence-electron chi connectivity index (χ2n) is 3.96. The van der Waals surface area contributed by atoms with Gasteiger partial charge in [0.25, 0.3) is 5.91 Å². The molecule has 98 valence electrons. The van der Waals surface area contributed by atoms with Gasteiger partial charge >= 0.3 is 5.97 Å². The van der Waals surface area contributed by atoms with Crippen LogP contribution < -0.4 is 5.32 Å². The van der Waals surface area contributed by atoms with Crippen molar-refractivity contribution in [2.75, 3.05) is 5.32 Å². The fourth-order valence-corrected chi connectivity index (χ4v) is 1.61. The van der Waals surface area contributed by atoms with Crippen molar-refractivity contribution >= 4 is 17.6 Å². The van der Waals surface area contributed by atoms with E-state index in [9.17, 15) is 9.59 Å². The number of aryl methyl sites for hydroxylation is 1. The van der Waals surface area contributed by atoms with Gasteiger partial charge in [0.15, 0.2) is 5.76 Å². The van der Waals surface area contributed by atoms with E-state index in [1.807, 2.05) is 6.92 Å². The third-order valence-electron chi connectivity index (χ3n) is 2.60. The molecule has 0 aliphatic rings. The molecule has 0 aliphatic heterocycles. The standard InChI is InChI=1S/C14H13NO4/c1-2-11-6-7-12(19-11)13(16)15-10-5-3-4-9(8-10)14(17)18/h3-8H,2H2,1H3,(H,15,16)(H,17,18). The summed E-state index contributed by atoms with van der Waals surface area (Å²) < 4.78 is 5.32. The van der Waals surface area contributed by atoms with Crippen LogP contribution in [0.2, 0.25) is 0 Å². The maximum Gasteiger partial charge on any atom is 0.335 e. The molecular formula is C14H13NO4. The first-order chi connectivity index (χ1) is 9.10. The highest BCUT2D eigenvalue weighted by molar-refractivity contribution is 6.02. The van der Waals surface area contributed by atoms with Crippen molar-refractivity contribution in [3.8, 4) is 0 Å². The predicted octanol–water partition coefficient (Wildman–Crippen LogP) is 2.79. The lowest BCUT2D eigenvalue weighted by atomic mass is 10.2. The number of anilines is 1. The monoisotopic (exact) mass is 259 g/mol. The van der Waals surface area contributed by atoms with Crippen molar-refractivity contribution < 1.29 is 19.1 Å². The third kappa shape index (κ3) is 3.01. The molecular weight excluding hydrogens is 246 g/mol. The first kappa shape index (κ1) is 12.9. The molecule has 19 heavy (non-hydrogen) atoms. The average Bonchev–Trinajstić information content (AvgIpc) is 2.88. The summed E-state index contributed by atoms with van der Waals surface area (Å²) in [5.74, 6) is -0.508. The van der Waals surface area contributed by atoms with Gasteiger partial charge in [-0.15, -0.1) is 0 Å². The van der Waals surface area contributed by atoms with Crippen molar-refractivity contribution in [1.29, 1.82) is 0 Å². The highest BCUT2D eigenvalue weighted by Gasteiger charge is 2.11. The van der Waals surface area contributed by atoms with E-state index in [1.54, 1.807) is 24.3 Å². The first-order valence-corrected chi connectivity index (χ1v) is 5.83. The Labute approximate surface area is 109 Å². The molecule has 0 radical (unpaired) electrons. The maximum atomic E-state index is 11.9. The van der Waals surface area contributed by atoms with E-state index in [0.29, 0.717) is 12.1 Å². The van der Waals surface area contributed by atoms with Crippen LogP contribution in [0.25, 0.3) is 0 Å². The number of carboxylic acid groups (broad SMARTS) is 1. The minimum Gasteiger partial charge on any atom is -0.478 e. The van der Waals surface area contributed by atoms with Gasteiger partial charge in [0.05, 0.1) is 5.56 Å². The molecule has 1 aromatic heterocycles. The van der Waals surface area contributed by atoms with Gasteiger partial charge in [-0.25, -0.2) is 4.79 Å². The highest BCUT2D eigenvalue weighted by atomic mass is 16.4. The Kier molecular flexibility index (Phi) is 3.66. The van der Waals surface area contributed by atoms with E-state index >= 15 is 0 Å². The molecule has 0 aliphatic carbocycles. The highest BCUT2D eigenvalue weighted by Crippen LogP contribution is 2.14. The topological polar surface area (TPSA) is 79.5 Å². The van der Waals surface area contributed by atoms with Crippen LogP contribution in [0.4, 0.5) is 5.69 Å². The number of hydrogen-bond donors (Lipinski definition) is 2. The van der Waals surface area contributed by atoms with Gasteiger partial charge < -0.3 is 14.8 Å². The second kappa shape index (κ2) is 5.39. The lowest BCUT2D eigenvalue weighted by molar-refractivity contribution is 0.0696. The number of furan rings is 1. The fraction of sp³-hybridized carbons (Fsp3) is 0.143. The molecule has 5 heteroatoms. The molecule has 0 spiro atoms. The summed E-state index contributed by atoms with van der Waals surface area (Å²) in [4.78, 5) is 22.7. The lowest BCUT2D eigenvalue weighted by Gasteiger charge is -2.04. The number of carboxylic acids is 1. The number of carbonyl (C=O) groups is 2. The number of benzene rings is 1. The second-order valence-corrected chi connectivity index (χ2v) is 3.96. The minimum atomic E-state index is -1.04. The summed E-state index contributed by atoms with van der Waals surface area (Å²) in [6.45, 7) is 1.93. The molecule has 0 unspecified atom stereocenters. The predicted molar refractivity (Wildman–Crippen MR) is 69.4 cm³/mol. The number of nitrogens with one attached hydrogen (secondary N) is 1. The van der Waals surface area contributed by atoms with E-state index in [1.165, 1.54) is 12.1 Å².